The van der Waals surface area contributed by atoms with E-state index < -0.39 is 10.8 Å². The first kappa shape index (κ1) is 18.7. The van der Waals surface area contributed by atoms with Crippen LogP contribution >= 0.6 is 27.5 Å². The molecule has 10 heteroatoms. The molecule has 0 aliphatic carbocycles. The van der Waals surface area contributed by atoms with E-state index in [-0.39, 0.29) is 28.1 Å². The van der Waals surface area contributed by atoms with Crippen molar-refractivity contribution in [3.63, 3.8) is 0 Å². The lowest BCUT2D eigenvalue weighted by Gasteiger charge is -2.06. The van der Waals surface area contributed by atoms with Crippen LogP contribution in [0.2, 0.25) is 5.02 Å². The molecule has 0 atom stereocenters. The number of carbonyl (C=O) groups excluding carboxylic acids is 1. The minimum atomic E-state index is -0.614. The van der Waals surface area contributed by atoms with Gasteiger partial charge >= 0.3 is 0 Å². The van der Waals surface area contributed by atoms with Gasteiger partial charge in [0.25, 0.3) is 11.6 Å². The third-order valence-corrected chi connectivity index (χ3v) is 3.79. The summed E-state index contributed by atoms with van der Waals surface area (Å²) in [6.07, 6.45) is 1.08. The van der Waals surface area contributed by atoms with E-state index in [1.807, 2.05) is 0 Å². The number of non-ortho nitro benzene ring substituents is 1. The molecular weight excluding hydrogens is 418 g/mol. The minimum absolute atomic E-state index is 0.0633. The summed E-state index contributed by atoms with van der Waals surface area (Å²) in [5, 5.41) is 24.7. The maximum Gasteiger partial charge on any atom is 0.277 e. The first-order valence-electron chi connectivity index (χ1n) is 6.74. The average Bonchev–Trinajstić information content (AvgIpc) is 2.57. The molecule has 0 heterocycles. The molecule has 0 aliphatic rings. The molecule has 0 bridgehead atoms. The van der Waals surface area contributed by atoms with Gasteiger partial charge in [0.2, 0.25) is 0 Å². The van der Waals surface area contributed by atoms with Crippen LogP contribution in [-0.4, -0.2) is 28.8 Å². The zero-order chi connectivity index (χ0) is 18.4. The molecule has 0 spiro atoms. The number of halogens is 2. The number of phenols is 1. The molecule has 1 amide bonds. The van der Waals surface area contributed by atoms with Crippen LogP contribution in [0.3, 0.4) is 0 Å². The van der Waals surface area contributed by atoms with E-state index in [4.69, 9.17) is 16.3 Å². The fourth-order valence-electron chi connectivity index (χ4n) is 1.72. The largest absolute Gasteiger partial charge is 0.506 e. The number of rotatable bonds is 6. The monoisotopic (exact) mass is 427 g/mol. The van der Waals surface area contributed by atoms with Crippen LogP contribution < -0.4 is 10.2 Å². The van der Waals surface area contributed by atoms with E-state index in [9.17, 15) is 20.0 Å². The Morgan fingerprint density at radius 1 is 1.44 bits per heavy atom. The summed E-state index contributed by atoms with van der Waals surface area (Å²) >= 11 is 8.90. The van der Waals surface area contributed by atoms with Crippen LogP contribution in [0.1, 0.15) is 5.56 Å². The number of nitrogens with zero attached hydrogens (tertiary/aromatic N) is 2. The number of hydrogen-bond donors (Lipinski definition) is 2. The lowest BCUT2D eigenvalue weighted by Crippen LogP contribution is -2.24. The van der Waals surface area contributed by atoms with Crippen LogP contribution in [0.15, 0.2) is 46.0 Å². The first-order chi connectivity index (χ1) is 11.9. The van der Waals surface area contributed by atoms with Crippen LogP contribution in [0, 0.1) is 10.1 Å². The number of phenolic OH excluding ortho intramolecular Hbond substituents is 1. The molecule has 8 nitrogen and oxygen atoms in total. The van der Waals surface area contributed by atoms with Gasteiger partial charge in [-0.1, -0.05) is 23.7 Å². The summed E-state index contributed by atoms with van der Waals surface area (Å²) < 4.78 is 5.37. The van der Waals surface area contributed by atoms with Crippen molar-refractivity contribution in [2.75, 3.05) is 6.61 Å². The Bertz CT molecular complexity index is 844. The molecule has 0 saturated carbocycles. The van der Waals surface area contributed by atoms with E-state index >= 15 is 0 Å². The van der Waals surface area contributed by atoms with Gasteiger partial charge in [-0.2, -0.15) is 5.10 Å². The molecule has 0 radical (unpaired) electrons. The maximum atomic E-state index is 11.7. The van der Waals surface area contributed by atoms with Crippen molar-refractivity contribution in [2.24, 2.45) is 5.10 Å². The lowest BCUT2D eigenvalue weighted by molar-refractivity contribution is -0.385. The van der Waals surface area contributed by atoms with Crippen LogP contribution in [0.5, 0.6) is 11.5 Å². The van der Waals surface area contributed by atoms with Crippen molar-refractivity contribution in [1.82, 2.24) is 5.43 Å². The molecule has 25 heavy (non-hydrogen) atoms. The van der Waals surface area contributed by atoms with Crippen molar-refractivity contribution < 1.29 is 19.6 Å². The number of para-hydroxylation sites is 1. The summed E-state index contributed by atoms with van der Waals surface area (Å²) in [6, 6.07) is 8.94. The van der Waals surface area contributed by atoms with E-state index in [0.717, 1.165) is 18.3 Å². The topological polar surface area (TPSA) is 114 Å². The Labute approximate surface area is 155 Å². The summed E-state index contributed by atoms with van der Waals surface area (Å²) in [4.78, 5) is 21.9. The van der Waals surface area contributed by atoms with E-state index in [1.165, 1.54) is 0 Å². The van der Waals surface area contributed by atoms with Gasteiger partial charge in [-0.15, -0.1) is 0 Å². The van der Waals surface area contributed by atoms with Gasteiger partial charge in [-0.3, -0.25) is 14.9 Å². The molecule has 2 rings (SSSR count). The van der Waals surface area contributed by atoms with Gasteiger partial charge < -0.3 is 9.84 Å². The molecule has 0 unspecified atom stereocenters. The number of nitro groups is 1. The Kier molecular flexibility index (Phi) is 6.31. The third kappa shape index (κ3) is 5.16. The highest BCUT2D eigenvalue weighted by molar-refractivity contribution is 9.10. The van der Waals surface area contributed by atoms with Crippen molar-refractivity contribution >= 4 is 45.3 Å². The number of benzene rings is 2. The Balaban J connectivity index is 1.97. The normalized spacial score (nSPS) is 10.6. The summed E-state index contributed by atoms with van der Waals surface area (Å²) in [6.45, 7) is -0.328. The van der Waals surface area contributed by atoms with E-state index in [1.54, 1.807) is 24.3 Å². The molecular formula is C15H11BrClN3O5. The molecule has 0 saturated heterocycles. The van der Waals surface area contributed by atoms with Crippen molar-refractivity contribution in [3.05, 3.63) is 61.6 Å². The number of carbonyl (C=O) groups is 1. The second-order valence-electron chi connectivity index (χ2n) is 4.63. The maximum absolute atomic E-state index is 11.7. The van der Waals surface area contributed by atoms with Gasteiger partial charge in [-0.25, -0.2) is 5.43 Å². The van der Waals surface area contributed by atoms with Crippen molar-refractivity contribution in [3.8, 4) is 11.5 Å². The zero-order valence-electron chi connectivity index (χ0n) is 12.5. The van der Waals surface area contributed by atoms with Gasteiger partial charge in [0.1, 0.15) is 11.5 Å². The smallest absolute Gasteiger partial charge is 0.277 e. The summed E-state index contributed by atoms with van der Waals surface area (Å²) in [5.41, 5.74) is 2.01. The molecule has 0 aliphatic heterocycles. The predicted octanol–water partition coefficient (Wildman–Crippen LogP) is 3.25. The molecule has 2 N–H and O–H groups in total. The second-order valence-corrected chi connectivity index (χ2v) is 5.90. The van der Waals surface area contributed by atoms with Crippen molar-refractivity contribution in [2.45, 2.75) is 0 Å². The van der Waals surface area contributed by atoms with Crippen LogP contribution in [0.4, 0.5) is 5.69 Å². The fourth-order valence-corrected chi connectivity index (χ4v) is 2.37. The van der Waals surface area contributed by atoms with E-state index in [2.05, 4.69) is 26.5 Å². The fraction of sp³-hybridized carbons (Fsp3) is 0.0667. The van der Waals surface area contributed by atoms with Crippen molar-refractivity contribution in [1.29, 1.82) is 0 Å². The molecule has 130 valence electrons. The first-order valence-corrected chi connectivity index (χ1v) is 7.91. The van der Waals surface area contributed by atoms with Gasteiger partial charge in [0.05, 0.1) is 20.6 Å². The number of aromatic hydroxyl groups is 1. The molecule has 0 aromatic heterocycles. The SMILES string of the molecule is O=C(COc1ccccc1Cl)NN=Cc1cc([N+](=O)[O-])cc(Br)c1O. The van der Waals surface area contributed by atoms with Crippen LogP contribution in [0.25, 0.3) is 0 Å². The predicted molar refractivity (Wildman–Crippen MR) is 95.1 cm³/mol. The quantitative estimate of drug-likeness (QED) is 0.416. The number of nitro benzene ring substituents is 1. The van der Waals surface area contributed by atoms with Gasteiger partial charge in [0, 0.05) is 17.7 Å². The Morgan fingerprint density at radius 2 is 2.16 bits per heavy atom. The average molecular weight is 429 g/mol. The number of ether oxygens (including phenoxy) is 1. The summed E-state index contributed by atoms with van der Waals surface area (Å²) in [7, 11) is 0. The zero-order valence-corrected chi connectivity index (χ0v) is 14.8. The van der Waals surface area contributed by atoms with E-state index in [0.29, 0.717) is 10.8 Å². The number of amides is 1. The lowest BCUT2D eigenvalue weighted by atomic mass is 10.2. The highest BCUT2D eigenvalue weighted by atomic mass is 79.9. The highest BCUT2D eigenvalue weighted by Crippen LogP contribution is 2.31. The number of hydrogen-bond acceptors (Lipinski definition) is 6. The molecule has 0 fully saturated rings. The summed E-state index contributed by atoms with van der Waals surface area (Å²) in [5.74, 6) is -0.459. The van der Waals surface area contributed by atoms with Gasteiger partial charge in [-0.05, 0) is 28.1 Å². The Morgan fingerprint density at radius 3 is 2.84 bits per heavy atom. The third-order valence-electron chi connectivity index (χ3n) is 2.88. The minimum Gasteiger partial charge on any atom is -0.506 e. The second kappa shape index (κ2) is 8.45. The number of hydrazone groups is 1. The van der Waals surface area contributed by atoms with Crippen LogP contribution in [-0.2, 0) is 4.79 Å². The standard InChI is InChI=1S/C15H11BrClN3O5/c16-11-6-10(20(23)24)5-9(15(11)22)7-18-19-14(21)8-25-13-4-2-1-3-12(13)17/h1-7,22H,8H2,(H,19,21). The molecule has 2 aromatic carbocycles. The number of nitrogens with one attached hydrogen (secondary N) is 1. The highest BCUT2D eigenvalue weighted by Gasteiger charge is 2.13. The Hall–Kier alpha value is -2.65. The van der Waals surface area contributed by atoms with Gasteiger partial charge in [0.15, 0.2) is 6.61 Å². The molecule has 2 aromatic rings.